The highest BCUT2D eigenvalue weighted by Gasteiger charge is 2.16. The van der Waals surface area contributed by atoms with Crippen LogP contribution in [0, 0.1) is 0 Å². The van der Waals surface area contributed by atoms with Crippen molar-refractivity contribution in [2.24, 2.45) is 0 Å². The number of H-pyrrole nitrogens is 1. The fourth-order valence-electron chi connectivity index (χ4n) is 2.56. The van der Waals surface area contributed by atoms with E-state index in [0.29, 0.717) is 32.7 Å². The van der Waals surface area contributed by atoms with Gasteiger partial charge in [0, 0.05) is 5.02 Å². The van der Waals surface area contributed by atoms with Crippen molar-refractivity contribution in [3.8, 4) is 17.0 Å². The zero-order chi connectivity index (χ0) is 16.0. The van der Waals surface area contributed by atoms with Crippen LogP contribution in [0.25, 0.3) is 33.2 Å². The SMILES string of the molecule is O=c1[nH]c(O)c(-c2ccc(Cl)cc2)c2nc3ccccc3nc12. The van der Waals surface area contributed by atoms with E-state index in [9.17, 15) is 9.90 Å². The maximum atomic E-state index is 12.1. The Bertz CT molecular complexity index is 1100. The van der Waals surface area contributed by atoms with Gasteiger partial charge in [0.2, 0.25) is 5.88 Å². The van der Waals surface area contributed by atoms with Crippen molar-refractivity contribution in [3.63, 3.8) is 0 Å². The van der Waals surface area contributed by atoms with E-state index in [0.717, 1.165) is 0 Å². The van der Waals surface area contributed by atoms with Crippen molar-refractivity contribution in [1.29, 1.82) is 0 Å². The fraction of sp³-hybridized carbons (Fsp3) is 0. The maximum Gasteiger partial charge on any atom is 0.278 e. The monoisotopic (exact) mass is 323 g/mol. The van der Waals surface area contributed by atoms with E-state index in [-0.39, 0.29) is 11.4 Å². The number of hydrogen-bond acceptors (Lipinski definition) is 4. The summed E-state index contributed by atoms with van der Waals surface area (Å²) in [7, 11) is 0. The van der Waals surface area contributed by atoms with Gasteiger partial charge >= 0.3 is 0 Å². The van der Waals surface area contributed by atoms with Gasteiger partial charge < -0.3 is 5.11 Å². The van der Waals surface area contributed by atoms with Crippen molar-refractivity contribution in [3.05, 3.63) is 63.9 Å². The topological polar surface area (TPSA) is 78.9 Å². The van der Waals surface area contributed by atoms with E-state index < -0.39 is 5.56 Å². The third kappa shape index (κ3) is 2.22. The number of aromatic amines is 1. The van der Waals surface area contributed by atoms with Crippen LogP contribution in [0.3, 0.4) is 0 Å². The largest absolute Gasteiger partial charge is 0.494 e. The molecule has 0 spiro atoms. The van der Waals surface area contributed by atoms with Gasteiger partial charge in [-0.05, 0) is 29.8 Å². The molecule has 2 N–H and O–H groups in total. The lowest BCUT2D eigenvalue weighted by Gasteiger charge is -2.09. The van der Waals surface area contributed by atoms with Gasteiger partial charge in [0.15, 0.2) is 5.52 Å². The molecule has 0 amide bonds. The average molecular weight is 324 g/mol. The second-order valence-corrected chi connectivity index (χ2v) is 5.53. The number of pyridine rings is 1. The molecule has 4 rings (SSSR count). The summed E-state index contributed by atoms with van der Waals surface area (Å²) in [5, 5.41) is 10.8. The lowest BCUT2D eigenvalue weighted by atomic mass is 10.1. The van der Waals surface area contributed by atoms with Gasteiger partial charge in [-0.1, -0.05) is 35.9 Å². The van der Waals surface area contributed by atoms with Crippen LogP contribution in [0.2, 0.25) is 5.02 Å². The summed E-state index contributed by atoms with van der Waals surface area (Å²) < 4.78 is 0. The summed E-state index contributed by atoms with van der Waals surface area (Å²) >= 11 is 5.91. The Morgan fingerprint density at radius 1 is 0.913 bits per heavy atom. The fourth-order valence-corrected chi connectivity index (χ4v) is 2.69. The summed E-state index contributed by atoms with van der Waals surface area (Å²) in [5.41, 5.74) is 2.46. The maximum absolute atomic E-state index is 12.1. The summed E-state index contributed by atoms with van der Waals surface area (Å²) in [6.07, 6.45) is 0. The number of halogens is 1. The first kappa shape index (κ1) is 13.7. The van der Waals surface area contributed by atoms with Crippen molar-refractivity contribution in [2.75, 3.05) is 0 Å². The lowest BCUT2D eigenvalue weighted by molar-refractivity contribution is 0.455. The van der Waals surface area contributed by atoms with Crippen LogP contribution in [0.5, 0.6) is 5.88 Å². The van der Waals surface area contributed by atoms with Crippen LogP contribution >= 0.6 is 11.6 Å². The van der Waals surface area contributed by atoms with Gasteiger partial charge in [-0.2, -0.15) is 0 Å². The number of nitrogens with one attached hydrogen (secondary N) is 1. The highest BCUT2D eigenvalue weighted by molar-refractivity contribution is 6.30. The molecule has 0 radical (unpaired) electrons. The molecule has 5 nitrogen and oxygen atoms in total. The molecule has 2 heterocycles. The predicted molar refractivity (Wildman–Crippen MR) is 89.8 cm³/mol. The second-order valence-electron chi connectivity index (χ2n) is 5.09. The Kier molecular flexibility index (Phi) is 3.02. The zero-order valence-electron chi connectivity index (χ0n) is 11.7. The Labute approximate surface area is 135 Å². The Hall–Kier alpha value is -2.92. The van der Waals surface area contributed by atoms with Gasteiger partial charge in [-0.15, -0.1) is 0 Å². The summed E-state index contributed by atoms with van der Waals surface area (Å²) in [5.74, 6) is -0.241. The van der Waals surface area contributed by atoms with E-state index >= 15 is 0 Å². The van der Waals surface area contributed by atoms with Gasteiger partial charge in [-0.25, -0.2) is 9.97 Å². The molecule has 0 aliphatic carbocycles. The number of nitrogens with zero attached hydrogens (tertiary/aromatic N) is 2. The molecule has 0 bridgehead atoms. The number of para-hydroxylation sites is 2. The number of aromatic nitrogens is 3. The van der Waals surface area contributed by atoms with Crippen LogP contribution in [0.15, 0.2) is 53.3 Å². The molecule has 2 aromatic carbocycles. The molecule has 0 aliphatic rings. The third-order valence-corrected chi connectivity index (χ3v) is 3.88. The summed E-state index contributed by atoms with van der Waals surface area (Å²) in [6.45, 7) is 0. The molecule has 6 heteroatoms. The molecular formula is C17H10ClN3O2. The van der Waals surface area contributed by atoms with Crippen molar-refractivity contribution >= 4 is 33.7 Å². The van der Waals surface area contributed by atoms with Crippen molar-refractivity contribution in [1.82, 2.24) is 15.0 Å². The van der Waals surface area contributed by atoms with E-state index in [4.69, 9.17) is 11.6 Å². The quantitative estimate of drug-likeness (QED) is 0.525. The molecule has 0 atom stereocenters. The molecule has 0 aliphatic heterocycles. The molecule has 0 saturated carbocycles. The van der Waals surface area contributed by atoms with Gasteiger partial charge in [0.1, 0.15) is 5.52 Å². The molecule has 4 aromatic rings. The van der Waals surface area contributed by atoms with Gasteiger partial charge in [0.25, 0.3) is 5.56 Å². The normalized spacial score (nSPS) is 11.2. The Balaban J connectivity index is 2.16. The average Bonchev–Trinajstić information content (AvgIpc) is 2.55. The van der Waals surface area contributed by atoms with E-state index in [1.165, 1.54) is 0 Å². The molecule has 0 saturated heterocycles. The standard InChI is InChI=1S/C17H10ClN3O2/c18-10-7-5-9(6-8-10)13-14-15(17(23)21-16(13)22)20-12-4-2-1-3-11(12)19-14/h1-8H,(H2,21,22,23). The molecule has 112 valence electrons. The minimum Gasteiger partial charge on any atom is -0.494 e. The second kappa shape index (κ2) is 5.07. The molecule has 0 fully saturated rings. The van der Waals surface area contributed by atoms with E-state index in [1.54, 1.807) is 30.3 Å². The van der Waals surface area contributed by atoms with Gasteiger partial charge in [-0.3, -0.25) is 9.78 Å². The zero-order valence-corrected chi connectivity index (χ0v) is 12.5. The molecular weight excluding hydrogens is 314 g/mol. The minimum atomic E-state index is -0.478. The van der Waals surface area contributed by atoms with Crippen LogP contribution in [0.1, 0.15) is 0 Å². The summed E-state index contributed by atoms with van der Waals surface area (Å²) in [4.78, 5) is 23.5. The van der Waals surface area contributed by atoms with E-state index in [1.807, 2.05) is 18.2 Å². The summed E-state index contributed by atoms with van der Waals surface area (Å²) in [6, 6.07) is 14.2. The first-order valence-electron chi connectivity index (χ1n) is 6.91. The number of aromatic hydroxyl groups is 1. The van der Waals surface area contributed by atoms with Crippen LogP contribution in [-0.2, 0) is 0 Å². The smallest absolute Gasteiger partial charge is 0.278 e. The van der Waals surface area contributed by atoms with Crippen LogP contribution < -0.4 is 5.56 Å². The van der Waals surface area contributed by atoms with Crippen molar-refractivity contribution < 1.29 is 5.11 Å². The lowest BCUT2D eigenvalue weighted by Crippen LogP contribution is -2.10. The van der Waals surface area contributed by atoms with E-state index in [2.05, 4.69) is 15.0 Å². The number of hydrogen-bond donors (Lipinski definition) is 2. The number of benzene rings is 2. The Morgan fingerprint density at radius 2 is 1.52 bits per heavy atom. The predicted octanol–water partition coefficient (Wildman–Crippen LogP) is 3.50. The van der Waals surface area contributed by atoms with Crippen LogP contribution in [-0.4, -0.2) is 20.1 Å². The first-order valence-corrected chi connectivity index (χ1v) is 7.29. The van der Waals surface area contributed by atoms with Crippen molar-refractivity contribution in [2.45, 2.75) is 0 Å². The highest BCUT2D eigenvalue weighted by atomic mass is 35.5. The number of rotatable bonds is 1. The van der Waals surface area contributed by atoms with Gasteiger partial charge in [0.05, 0.1) is 16.6 Å². The first-order chi connectivity index (χ1) is 11.1. The van der Waals surface area contributed by atoms with Crippen LogP contribution in [0.4, 0.5) is 0 Å². The Morgan fingerprint density at radius 3 is 2.17 bits per heavy atom. The minimum absolute atomic E-state index is 0.187. The molecule has 2 aromatic heterocycles. The molecule has 23 heavy (non-hydrogen) atoms. The highest BCUT2D eigenvalue weighted by Crippen LogP contribution is 2.33. The number of fused-ring (bicyclic) bond motifs is 2. The third-order valence-electron chi connectivity index (χ3n) is 3.62. The molecule has 0 unspecified atom stereocenters.